The van der Waals surface area contributed by atoms with Crippen LogP contribution in [0.1, 0.15) is 16.4 Å². The number of benzene rings is 1. The summed E-state index contributed by atoms with van der Waals surface area (Å²) < 4.78 is 31.0. The Morgan fingerprint density at radius 1 is 1.29 bits per heavy atom. The maximum atomic E-state index is 13.2. The third-order valence-corrected chi connectivity index (χ3v) is 8.39. The van der Waals surface area contributed by atoms with E-state index < -0.39 is 32.5 Å². The number of sulfone groups is 1. The van der Waals surface area contributed by atoms with Crippen molar-refractivity contribution in [2.45, 2.75) is 41.4 Å². The van der Waals surface area contributed by atoms with Gasteiger partial charge in [0.15, 0.2) is 12.1 Å². The second-order valence-electron chi connectivity index (χ2n) is 7.51. The molecule has 0 aliphatic carbocycles. The average Bonchev–Trinajstić information content (AvgIpc) is 3.52. The Bertz CT molecular complexity index is 1140. The van der Waals surface area contributed by atoms with Crippen LogP contribution >= 0.6 is 11.3 Å². The smallest absolute Gasteiger partial charge is 0.344 e. The zero-order chi connectivity index (χ0) is 24.8. The summed E-state index contributed by atoms with van der Waals surface area (Å²) in [6, 6.07) is 5.17. The van der Waals surface area contributed by atoms with Crippen LogP contribution in [0.25, 0.3) is 0 Å². The monoisotopic (exact) mass is 509 g/mol. The first kappa shape index (κ1) is 26.0. The number of nitrogens with one attached hydrogen (secondary N) is 2. The molecule has 0 radical (unpaired) electrons. The van der Waals surface area contributed by atoms with Gasteiger partial charge in [-0.2, -0.15) is 0 Å². The first-order valence-electron chi connectivity index (χ1n) is 10.4. The van der Waals surface area contributed by atoms with Crippen LogP contribution in [-0.4, -0.2) is 74.0 Å². The molecular formula is C20H27N7O5S2. The summed E-state index contributed by atoms with van der Waals surface area (Å²) in [7, 11) is -3.59. The van der Waals surface area contributed by atoms with Crippen LogP contribution in [0.15, 0.2) is 40.2 Å². The second-order valence-corrected chi connectivity index (χ2v) is 10.8. The normalized spacial score (nSPS) is 18.4. The van der Waals surface area contributed by atoms with E-state index in [0.717, 1.165) is 20.1 Å². The van der Waals surface area contributed by atoms with Crippen molar-refractivity contribution in [1.29, 1.82) is 0 Å². The number of aromatic nitrogens is 2. The molecule has 2 aromatic rings. The zero-order valence-corrected chi connectivity index (χ0v) is 20.1. The topological polar surface area (TPSA) is 192 Å². The summed E-state index contributed by atoms with van der Waals surface area (Å²) in [5, 5.41) is 15.5. The maximum Gasteiger partial charge on any atom is 0.344 e. The molecule has 1 aromatic heterocycles. The fourth-order valence-corrected chi connectivity index (χ4v) is 5.87. The summed E-state index contributed by atoms with van der Waals surface area (Å²) in [5.41, 5.74) is 12.0. The van der Waals surface area contributed by atoms with Crippen LogP contribution in [0, 0.1) is 0 Å². The van der Waals surface area contributed by atoms with E-state index in [2.05, 4.69) is 30.6 Å². The van der Waals surface area contributed by atoms with Gasteiger partial charge < -0.3 is 16.2 Å². The van der Waals surface area contributed by atoms with Crippen molar-refractivity contribution >= 4 is 39.1 Å². The molecule has 1 aliphatic rings. The highest BCUT2D eigenvalue weighted by Gasteiger charge is 2.56. The summed E-state index contributed by atoms with van der Waals surface area (Å²) in [5.74, 6) is -2.11. The first-order chi connectivity index (χ1) is 16.2. The van der Waals surface area contributed by atoms with Crippen LogP contribution in [0.2, 0.25) is 0 Å². The Hall–Kier alpha value is -2.62. The molecule has 2 unspecified atom stereocenters. The third-order valence-electron chi connectivity index (χ3n) is 5.21. The number of hydrogen-bond donors (Lipinski definition) is 4. The van der Waals surface area contributed by atoms with Crippen molar-refractivity contribution in [3.63, 3.8) is 0 Å². The van der Waals surface area contributed by atoms with Crippen LogP contribution in [0.5, 0.6) is 0 Å². The number of carbonyl (C=O) groups is 2. The molecule has 0 bridgehead atoms. The molecule has 0 amide bonds. The molecule has 0 saturated carbocycles. The van der Waals surface area contributed by atoms with Gasteiger partial charge in [-0.25, -0.2) is 13.2 Å². The van der Waals surface area contributed by atoms with Crippen molar-refractivity contribution in [3.8, 4) is 0 Å². The number of methoxy groups -OCH3 is 1. The molecule has 3 atom stereocenters. The van der Waals surface area contributed by atoms with Crippen molar-refractivity contribution in [2.75, 3.05) is 20.2 Å². The Morgan fingerprint density at radius 3 is 2.65 bits per heavy atom. The lowest BCUT2D eigenvalue weighted by atomic mass is 10.0. The van der Waals surface area contributed by atoms with E-state index in [0.29, 0.717) is 23.0 Å². The molecule has 0 fully saturated rings. The van der Waals surface area contributed by atoms with Crippen LogP contribution < -0.4 is 22.1 Å². The lowest BCUT2D eigenvalue weighted by Crippen LogP contribution is -2.68. The number of rotatable bonds is 12. The molecule has 0 spiro atoms. The second kappa shape index (κ2) is 11.2. The van der Waals surface area contributed by atoms with E-state index in [-0.39, 0.29) is 17.6 Å². The zero-order valence-electron chi connectivity index (χ0n) is 18.5. The summed E-state index contributed by atoms with van der Waals surface area (Å²) in [4.78, 5) is 26.5. The Balaban J connectivity index is 1.66. The Morgan fingerprint density at radius 2 is 2.00 bits per heavy atom. The standard InChI is InChI=1S/C20H27N7O5S2/c1-32-18(29)20(22,34(30,31)13-6-3-2-4-7-13)17(21)14(28)12-16-27-26-15(33-16)8-5-9-23-19-24-10-11-25-19/h2-4,6-7,10,17,19,23,25H,5,8-9,11-12,21-22H2,1H3/t17?,19?,20-/m0/s1. The van der Waals surface area contributed by atoms with Gasteiger partial charge in [-0.1, -0.05) is 18.2 Å². The van der Waals surface area contributed by atoms with Gasteiger partial charge in [0, 0.05) is 19.2 Å². The molecule has 12 nitrogen and oxygen atoms in total. The minimum absolute atomic E-state index is 0.0809. The number of nitrogens with zero attached hydrogens (tertiary/aromatic N) is 3. The van der Waals surface area contributed by atoms with E-state index >= 15 is 0 Å². The fourth-order valence-electron chi connectivity index (χ4n) is 3.30. The molecule has 0 saturated heterocycles. The molecule has 34 heavy (non-hydrogen) atoms. The van der Waals surface area contributed by atoms with Crippen molar-refractivity contribution in [2.24, 2.45) is 16.5 Å². The number of esters is 1. The van der Waals surface area contributed by atoms with Crippen LogP contribution in [0.4, 0.5) is 0 Å². The molecule has 14 heteroatoms. The lowest BCUT2D eigenvalue weighted by molar-refractivity contribution is -0.146. The van der Waals surface area contributed by atoms with E-state index in [1.807, 2.05) is 0 Å². The number of nitrogens with two attached hydrogens (primary N) is 2. The van der Waals surface area contributed by atoms with Gasteiger partial charge in [0.25, 0.3) is 0 Å². The fraction of sp³-hybridized carbons (Fsp3) is 0.450. The molecule has 1 aromatic carbocycles. The van der Waals surface area contributed by atoms with Crippen molar-refractivity contribution in [3.05, 3.63) is 40.3 Å². The van der Waals surface area contributed by atoms with Gasteiger partial charge in [0.05, 0.1) is 18.4 Å². The number of Topliss-reactive ketones (excluding diaryl/α,β-unsaturated/α-hetero) is 1. The molecule has 3 rings (SSSR count). The van der Waals surface area contributed by atoms with Crippen LogP contribution in [0.3, 0.4) is 0 Å². The Kier molecular flexibility index (Phi) is 8.57. The van der Waals surface area contributed by atoms with Crippen LogP contribution in [-0.2, 0) is 37.0 Å². The van der Waals surface area contributed by atoms with Crippen molar-refractivity contribution < 1.29 is 22.7 Å². The predicted molar refractivity (Wildman–Crippen MR) is 126 cm³/mol. The number of ether oxygens (including phenoxy) is 1. The molecular weight excluding hydrogens is 482 g/mol. The Labute approximate surface area is 201 Å². The third kappa shape index (κ3) is 5.54. The molecule has 184 valence electrons. The molecule has 6 N–H and O–H groups in total. The number of carbonyl (C=O) groups excluding carboxylic acids is 2. The van der Waals surface area contributed by atoms with E-state index in [1.165, 1.54) is 35.6 Å². The highest BCUT2D eigenvalue weighted by atomic mass is 32.2. The average molecular weight is 510 g/mol. The van der Waals surface area contributed by atoms with Gasteiger partial charge >= 0.3 is 5.97 Å². The largest absolute Gasteiger partial charge is 0.467 e. The SMILES string of the molecule is COC(=O)[C@](N)(C(N)C(=O)Cc1nnc(CCCNC2N=CCN2)s1)S(=O)(=O)c1ccccc1. The van der Waals surface area contributed by atoms with E-state index in [9.17, 15) is 18.0 Å². The molecule has 2 heterocycles. The lowest BCUT2D eigenvalue weighted by Gasteiger charge is -2.30. The first-order valence-corrected chi connectivity index (χ1v) is 12.7. The summed E-state index contributed by atoms with van der Waals surface area (Å²) in [6.07, 6.45) is 2.81. The highest BCUT2D eigenvalue weighted by Crippen LogP contribution is 2.27. The van der Waals surface area contributed by atoms with Gasteiger partial charge in [0.2, 0.25) is 14.7 Å². The van der Waals surface area contributed by atoms with Gasteiger partial charge in [0.1, 0.15) is 16.1 Å². The highest BCUT2D eigenvalue weighted by molar-refractivity contribution is 7.93. The number of aryl methyl sites for hydroxylation is 1. The van der Waals surface area contributed by atoms with Gasteiger partial charge in [-0.05, 0) is 25.1 Å². The minimum Gasteiger partial charge on any atom is -0.467 e. The summed E-state index contributed by atoms with van der Waals surface area (Å²) >= 11 is 1.21. The minimum atomic E-state index is -4.56. The summed E-state index contributed by atoms with van der Waals surface area (Å²) in [6.45, 7) is 1.44. The van der Waals surface area contributed by atoms with E-state index in [4.69, 9.17) is 11.5 Å². The maximum absolute atomic E-state index is 13.2. The van der Waals surface area contributed by atoms with Gasteiger partial charge in [-0.3, -0.25) is 20.4 Å². The van der Waals surface area contributed by atoms with Gasteiger partial charge in [-0.15, -0.1) is 21.5 Å². The van der Waals surface area contributed by atoms with E-state index in [1.54, 1.807) is 12.3 Å². The number of hydrogen-bond acceptors (Lipinski definition) is 13. The number of ketones is 1. The number of aliphatic imine (C=N–C) groups is 1. The van der Waals surface area contributed by atoms with Crippen molar-refractivity contribution in [1.82, 2.24) is 20.8 Å². The predicted octanol–water partition coefficient (Wildman–Crippen LogP) is -1.24. The molecule has 1 aliphatic heterocycles. The quantitative estimate of drug-likeness (QED) is 0.197.